The summed E-state index contributed by atoms with van der Waals surface area (Å²) in [6.07, 6.45) is -0.328. The maximum absolute atomic E-state index is 11.5. The molecule has 1 aromatic carbocycles. The smallest absolute Gasteiger partial charge is 0.407 e. The van der Waals surface area contributed by atoms with E-state index in [0.29, 0.717) is 12.5 Å². The number of amides is 1. The van der Waals surface area contributed by atoms with E-state index in [2.05, 4.69) is 22.3 Å². The van der Waals surface area contributed by atoms with Gasteiger partial charge in [-0.1, -0.05) is 18.2 Å². The molecule has 0 bridgehead atoms. The first-order valence-electron chi connectivity index (χ1n) is 6.71. The van der Waals surface area contributed by atoms with Gasteiger partial charge < -0.3 is 15.0 Å². The van der Waals surface area contributed by atoms with Crippen molar-refractivity contribution >= 4 is 11.8 Å². The van der Waals surface area contributed by atoms with Gasteiger partial charge in [-0.15, -0.1) is 0 Å². The van der Waals surface area contributed by atoms with Crippen molar-refractivity contribution in [2.24, 2.45) is 5.92 Å². The maximum Gasteiger partial charge on any atom is 0.407 e. The van der Waals surface area contributed by atoms with Crippen LogP contribution in [0.1, 0.15) is 20.8 Å². The number of carbonyl (C=O) groups excluding carboxylic acids is 1. The Bertz CT molecular complexity index is 420. The van der Waals surface area contributed by atoms with Crippen LogP contribution in [-0.2, 0) is 4.74 Å². The lowest BCUT2D eigenvalue weighted by Gasteiger charge is -2.41. The standard InChI is InChI=1S/C15H22N2O2/c1-15(2,3)19-14(18)16-9-12-10-17(11-12)13-7-5-4-6-8-13/h4-8,12H,9-11H2,1-3H3,(H,16,18). The van der Waals surface area contributed by atoms with E-state index in [1.165, 1.54) is 5.69 Å². The average molecular weight is 262 g/mol. The molecule has 104 valence electrons. The quantitative estimate of drug-likeness (QED) is 0.910. The van der Waals surface area contributed by atoms with Gasteiger partial charge in [-0.05, 0) is 32.9 Å². The van der Waals surface area contributed by atoms with Gasteiger partial charge in [0.2, 0.25) is 0 Å². The minimum Gasteiger partial charge on any atom is -0.444 e. The van der Waals surface area contributed by atoms with Gasteiger partial charge in [-0.25, -0.2) is 4.79 Å². The lowest BCUT2D eigenvalue weighted by Crippen LogP contribution is -2.51. The van der Waals surface area contributed by atoms with Crippen LogP contribution in [0.2, 0.25) is 0 Å². The first-order valence-corrected chi connectivity index (χ1v) is 6.71. The highest BCUT2D eigenvalue weighted by atomic mass is 16.6. The van der Waals surface area contributed by atoms with Crippen molar-refractivity contribution < 1.29 is 9.53 Å². The van der Waals surface area contributed by atoms with E-state index in [0.717, 1.165) is 13.1 Å². The second kappa shape index (κ2) is 5.51. The average Bonchev–Trinajstić information content (AvgIpc) is 2.26. The fourth-order valence-electron chi connectivity index (χ4n) is 2.09. The SMILES string of the molecule is CC(C)(C)OC(=O)NCC1CN(c2ccccc2)C1. The zero-order valence-corrected chi connectivity index (χ0v) is 11.8. The summed E-state index contributed by atoms with van der Waals surface area (Å²) in [5.41, 5.74) is 0.816. The Morgan fingerprint density at radius 1 is 1.32 bits per heavy atom. The predicted molar refractivity (Wildman–Crippen MR) is 76.4 cm³/mol. The molecule has 0 radical (unpaired) electrons. The van der Waals surface area contributed by atoms with E-state index in [1.807, 2.05) is 39.0 Å². The Morgan fingerprint density at radius 3 is 2.53 bits per heavy atom. The third-order valence-corrected chi connectivity index (χ3v) is 3.01. The van der Waals surface area contributed by atoms with Crippen molar-refractivity contribution in [3.05, 3.63) is 30.3 Å². The third kappa shape index (κ3) is 4.16. The summed E-state index contributed by atoms with van der Waals surface area (Å²) in [4.78, 5) is 13.8. The van der Waals surface area contributed by atoms with Gasteiger partial charge in [-0.2, -0.15) is 0 Å². The van der Waals surface area contributed by atoms with Crippen molar-refractivity contribution in [1.29, 1.82) is 0 Å². The molecule has 1 fully saturated rings. The van der Waals surface area contributed by atoms with Gasteiger partial charge in [-0.3, -0.25) is 0 Å². The van der Waals surface area contributed by atoms with Crippen LogP contribution in [0.4, 0.5) is 10.5 Å². The fourth-order valence-corrected chi connectivity index (χ4v) is 2.09. The van der Waals surface area contributed by atoms with Crippen LogP contribution in [0.15, 0.2) is 30.3 Å². The number of benzene rings is 1. The van der Waals surface area contributed by atoms with E-state index >= 15 is 0 Å². The third-order valence-electron chi connectivity index (χ3n) is 3.01. The van der Waals surface area contributed by atoms with Crippen LogP contribution in [0.3, 0.4) is 0 Å². The summed E-state index contributed by atoms with van der Waals surface area (Å²) >= 11 is 0. The molecule has 1 aromatic rings. The Hall–Kier alpha value is -1.71. The Morgan fingerprint density at radius 2 is 1.95 bits per heavy atom. The number of rotatable bonds is 3. The summed E-state index contributed by atoms with van der Waals surface area (Å²) in [6.45, 7) is 8.26. The summed E-state index contributed by atoms with van der Waals surface area (Å²) in [5.74, 6) is 0.507. The molecule has 1 aliphatic heterocycles. The molecule has 4 nitrogen and oxygen atoms in total. The number of hydrogen-bond donors (Lipinski definition) is 1. The molecule has 19 heavy (non-hydrogen) atoms. The largest absolute Gasteiger partial charge is 0.444 e. The van der Waals surface area contributed by atoms with Gasteiger partial charge in [0, 0.05) is 31.2 Å². The summed E-state index contributed by atoms with van der Waals surface area (Å²) in [5, 5.41) is 2.83. The number of alkyl carbamates (subject to hydrolysis) is 1. The molecule has 0 aliphatic carbocycles. The number of ether oxygens (including phenoxy) is 1. The number of para-hydroxylation sites is 1. The second-order valence-electron chi connectivity index (χ2n) is 5.99. The van der Waals surface area contributed by atoms with Crippen LogP contribution >= 0.6 is 0 Å². The van der Waals surface area contributed by atoms with Crippen molar-refractivity contribution in [1.82, 2.24) is 5.32 Å². The van der Waals surface area contributed by atoms with Gasteiger partial charge in [0.05, 0.1) is 0 Å². The number of nitrogens with zero attached hydrogens (tertiary/aromatic N) is 1. The summed E-state index contributed by atoms with van der Waals surface area (Å²) < 4.78 is 5.20. The lowest BCUT2D eigenvalue weighted by molar-refractivity contribution is 0.0516. The van der Waals surface area contributed by atoms with E-state index < -0.39 is 5.60 Å². The fraction of sp³-hybridized carbons (Fsp3) is 0.533. The Balaban J connectivity index is 1.67. The van der Waals surface area contributed by atoms with E-state index in [4.69, 9.17) is 4.74 Å². The predicted octanol–water partition coefficient (Wildman–Crippen LogP) is 2.65. The highest BCUT2D eigenvalue weighted by molar-refractivity contribution is 5.67. The molecule has 1 saturated heterocycles. The normalized spacial score (nSPS) is 15.8. The molecule has 0 atom stereocenters. The minimum absolute atomic E-state index is 0.328. The zero-order valence-electron chi connectivity index (χ0n) is 11.8. The van der Waals surface area contributed by atoms with Crippen molar-refractivity contribution in [2.75, 3.05) is 24.5 Å². The Kier molecular flexibility index (Phi) is 3.98. The van der Waals surface area contributed by atoms with Crippen molar-refractivity contribution in [3.63, 3.8) is 0 Å². The Labute approximate surface area is 114 Å². The number of hydrogen-bond acceptors (Lipinski definition) is 3. The van der Waals surface area contributed by atoms with E-state index in [9.17, 15) is 4.79 Å². The topological polar surface area (TPSA) is 41.6 Å². The van der Waals surface area contributed by atoms with Gasteiger partial charge in [0.25, 0.3) is 0 Å². The van der Waals surface area contributed by atoms with E-state index in [1.54, 1.807) is 0 Å². The molecule has 1 amide bonds. The van der Waals surface area contributed by atoms with Gasteiger partial charge in [0.15, 0.2) is 0 Å². The van der Waals surface area contributed by atoms with Crippen LogP contribution in [0.25, 0.3) is 0 Å². The number of carbonyl (C=O) groups is 1. The molecule has 4 heteroatoms. The molecule has 0 unspecified atom stereocenters. The van der Waals surface area contributed by atoms with Crippen LogP contribution in [0, 0.1) is 5.92 Å². The van der Waals surface area contributed by atoms with Crippen LogP contribution < -0.4 is 10.2 Å². The van der Waals surface area contributed by atoms with E-state index in [-0.39, 0.29) is 6.09 Å². The number of nitrogens with one attached hydrogen (secondary N) is 1. The zero-order chi connectivity index (χ0) is 13.9. The van der Waals surface area contributed by atoms with Gasteiger partial charge in [0.1, 0.15) is 5.60 Å². The summed E-state index contributed by atoms with van der Waals surface area (Å²) in [7, 11) is 0. The molecule has 0 spiro atoms. The highest BCUT2D eigenvalue weighted by Crippen LogP contribution is 2.23. The molecule has 1 aliphatic rings. The molecular formula is C15H22N2O2. The molecule has 0 saturated carbocycles. The summed E-state index contributed by atoms with van der Waals surface area (Å²) in [6, 6.07) is 10.3. The maximum atomic E-state index is 11.5. The molecule has 1 N–H and O–H groups in total. The van der Waals surface area contributed by atoms with Crippen LogP contribution in [-0.4, -0.2) is 31.3 Å². The number of anilines is 1. The van der Waals surface area contributed by atoms with Crippen molar-refractivity contribution in [3.8, 4) is 0 Å². The first kappa shape index (κ1) is 13.7. The minimum atomic E-state index is -0.431. The second-order valence-corrected chi connectivity index (χ2v) is 5.99. The highest BCUT2D eigenvalue weighted by Gasteiger charge is 2.27. The van der Waals surface area contributed by atoms with Gasteiger partial charge >= 0.3 is 6.09 Å². The molecule has 0 aromatic heterocycles. The molecule has 1 heterocycles. The first-order chi connectivity index (χ1) is 8.94. The van der Waals surface area contributed by atoms with Crippen LogP contribution in [0.5, 0.6) is 0 Å². The molecular weight excluding hydrogens is 240 g/mol. The molecule has 2 rings (SSSR count). The van der Waals surface area contributed by atoms with Crippen molar-refractivity contribution in [2.45, 2.75) is 26.4 Å². The monoisotopic (exact) mass is 262 g/mol. The lowest BCUT2D eigenvalue weighted by atomic mass is 9.99.